The average molecular weight is 282 g/mol. The number of aromatic nitrogens is 1. The quantitative estimate of drug-likeness (QED) is 0.835. The van der Waals surface area contributed by atoms with Crippen molar-refractivity contribution in [3.8, 4) is 0 Å². The third-order valence-electron chi connectivity index (χ3n) is 3.76. The van der Waals surface area contributed by atoms with E-state index in [-0.39, 0.29) is 11.3 Å². The second-order valence-electron chi connectivity index (χ2n) is 5.10. The van der Waals surface area contributed by atoms with E-state index in [9.17, 15) is 4.79 Å². The molecule has 0 radical (unpaired) electrons. The number of piperidine rings is 1. The van der Waals surface area contributed by atoms with E-state index < -0.39 is 0 Å². The van der Waals surface area contributed by atoms with Gasteiger partial charge in [0.25, 0.3) is 0 Å². The van der Waals surface area contributed by atoms with Gasteiger partial charge < -0.3 is 10.6 Å². The summed E-state index contributed by atoms with van der Waals surface area (Å²) >= 11 is 5.74. The van der Waals surface area contributed by atoms with E-state index in [2.05, 4.69) is 22.5 Å². The van der Waals surface area contributed by atoms with Crippen molar-refractivity contribution in [2.45, 2.75) is 32.6 Å². The monoisotopic (exact) mass is 281 g/mol. The number of anilines is 1. The van der Waals surface area contributed by atoms with Gasteiger partial charge in [0.05, 0.1) is 17.3 Å². The van der Waals surface area contributed by atoms with Crippen LogP contribution in [0, 0.1) is 5.41 Å². The lowest BCUT2D eigenvalue weighted by Gasteiger charge is -2.36. The molecule has 1 aliphatic heterocycles. The molecule has 2 N–H and O–H groups in total. The van der Waals surface area contributed by atoms with Gasteiger partial charge in [0.1, 0.15) is 5.15 Å². The van der Waals surface area contributed by atoms with Crippen LogP contribution in [0.3, 0.4) is 0 Å². The molecule has 5 heteroatoms. The Bertz CT molecular complexity index is 421. The minimum absolute atomic E-state index is 0.111. The van der Waals surface area contributed by atoms with Crippen LogP contribution in [0.5, 0.6) is 0 Å². The topological polar surface area (TPSA) is 54.0 Å². The third kappa shape index (κ3) is 3.45. The first-order valence-corrected chi connectivity index (χ1v) is 7.18. The molecule has 1 aromatic rings. The number of amides is 1. The maximum Gasteiger partial charge on any atom is 0.230 e. The van der Waals surface area contributed by atoms with Crippen LogP contribution in [-0.4, -0.2) is 24.0 Å². The van der Waals surface area contributed by atoms with Crippen LogP contribution in [-0.2, 0) is 4.79 Å². The van der Waals surface area contributed by atoms with E-state index in [4.69, 9.17) is 11.6 Å². The van der Waals surface area contributed by atoms with Crippen molar-refractivity contribution in [1.29, 1.82) is 0 Å². The highest BCUT2D eigenvalue weighted by Crippen LogP contribution is 2.35. The van der Waals surface area contributed by atoms with E-state index >= 15 is 0 Å². The van der Waals surface area contributed by atoms with Crippen molar-refractivity contribution in [3.63, 3.8) is 0 Å². The Morgan fingerprint density at radius 3 is 2.79 bits per heavy atom. The fraction of sp³-hybridized carbons (Fsp3) is 0.571. The first kappa shape index (κ1) is 14.3. The zero-order valence-electron chi connectivity index (χ0n) is 11.2. The van der Waals surface area contributed by atoms with Crippen LogP contribution >= 0.6 is 11.6 Å². The molecule has 4 nitrogen and oxygen atoms in total. The smallest absolute Gasteiger partial charge is 0.230 e. The normalized spacial score (nSPS) is 18.0. The molecule has 1 saturated heterocycles. The van der Waals surface area contributed by atoms with Gasteiger partial charge in [-0.1, -0.05) is 24.9 Å². The Kier molecular flexibility index (Phi) is 4.77. The Morgan fingerprint density at radius 1 is 1.47 bits per heavy atom. The van der Waals surface area contributed by atoms with Gasteiger partial charge in [-0.3, -0.25) is 4.79 Å². The number of rotatable bonds is 4. The maximum atomic E-state index is 12.6. The molecule has 0 bridgehead atoms. The second kappa shape index (κ2) is 6.35. The lowest BCUT2D eigenvalue weighted by Crippen LogP contribution is -2.44. The number of carbonyl (C=O) groups is 1. The van der Waals surface area contributed by atoms with Crippen LogP contribution in [0.25, 0.3) is 0 Å². The first-order valence-electron chi connectivity index (χ1n) is 6.80. The number of carbonyl (C=O) groups excluding carboxylic acids is 1. The Morgan fingerprint density at radius 2 is 2.21 bits per heavy atom. The van der Waals surface area contributed by atoms with Gasteiger partial charge in [0.15, 0.2) is 0 Å². The Balaban J connectivity index is 2.09. The van der Waals surface area contributed by atoms with Crippen LogP contribution in [0.2, 0.25) is 5.15 Å². The SMILES string of the molecule is CCCC1(C(=O)Nc2ccc(Cl)nc2)CCNCC1. The molecule has 0 atom stereocenters. The van der Waals surface area contributed by atoms with E-state index in [1.54, 1.807) is 18.3 Å². The molecule has 2 rings (SSSR count). The lowest BCUT2D eigenvalue weighted by molar-refractivity contribution is -0.127. The zero-order chi connectivity index (χ0) is 13.7. The Hall–Kier alpha value is -1.13. The zero-order valence-corrected chi connectivity index (χ0v) is 12.0. The molecular weight excluding hydrogens is 262 g/mol. The van der Waals surface area contributed by atoms with Crippen molar-refractivity contribution >= 4 is 23.2 Å². The molecular formula is C14H20ClN3O. The number of hydrogen-bond acceptors (Lipinski definition) is 3. The standard InChI is InChI=1S/C14H20ClN3O/c1-2-5-14(6-8-16-9-7-14)13(19)18-11-3-4-12(15)17-10-11/h3-4,10,16H,2,5-9H2,1H3,(H,18,19). The van der Waals surface area contributed by atoms with E-state index in [0.717, 1.165) is 38.8 Å². The van der Waals surface area contributed by atoms with Gasteiger partial charge in [-0.25, -0.2) is 4.98 Å². The summed E-state index contributed by atoms with van der Waals surface area (Å²) in [4.78, 5) is 16.5. The number of pyridine rings is 1. The molecule has 1 aliphatic rings. The molecule has 0 unspecified atom stereocenters. The van der Waals surface area contributed by atoms with Crippen LogP contribution in [0.1, 0.15) is 32.6 Å². The minimum Gasteiger partial charge on any atom is -0.324 e. The number of nitrogens with zero attached hydrogens (tertiary/aromatic N) is 1. The number of nitrogens with one attached hydrogen (secondary N) is 2. The van der Waals surface area contributed by atoms with Gasteiger partial charge in [0.2, 0.25) is 5.91 Å². The maximum absolute atomic E-state index is 12.6. The van der Waals surface area contributed by atoms with E-state index in [1.165, 1.54) is 0 Å². The summed E-state index contributed by atoms with van der Waals surface area (Å²) in [5.41, 5.74) is 0.475. The number of hydrogen-bond donors (Lipinski definition) is 2. The number of halogens is 1. The summed E-state index contributed by atoms with van der Waals surface area (Å²) in [6, 6.07) is 3.47. The van der Waals surface area contributed by atoms with Gasteiger partial charge in [-0.2, -0.15) is 0 Å². The summed E-state index contributed by atoms with van der Waals surface area (Å²) in [7, 11) is 0. The highest BCUT2D eigenvalue weighted by atomic mass is 35.5. The molecule has 1 amide bonds. The summed E-state index contributed by atoms with van der Waals surface area (Å²) in [5.74, 6) is 0.111. The molecule has 104 valence electrons. The molecule has 0 aromatic carbocycles. The van der Waals surface area contributed by atoms with Crippen molar-refractivity contribution in [1.82, 2.24) is 10.3 Å². The third-order valence-corrected chi connectivity index (χ3v) is 3.98. The van der Waals surface area contributed by atoms with E-state index in [0.29, 0.717) is 10.8 Å². The molecule has 1 aromatic heterocycles. The van der Waals surface area contributed by atoms with Gasteiger partial charge >= 0.3 is 0 Å². The molecule has 0 spiro atoms. The fourth-order valence-electron chi connectivity index (χ4n) is 2.69. The van der Waals surface area contributed by atoms with Crippen molar-refractivity contribution in [3.05, 3.63) is 23.5 Å². The molecule has 19 heavy (non-hydrogen) atoms. The highest BCUT2D eigenvalue weighted by Gasteiger charge is 2.38. The molecule has 1 fully saturated rings. The van der Waals surface area contributed by atoms with Crippen LogP contribution in [0.15, 0.2) is 18.3 Å². The summed E-state index contributed by atoms with van der Waals surface area (Å²) in [6.45, 7) is 3.94. The summed E-state index contributed by atoms with van der Waals surface area (Å²) in [5, 5.41) is 6.72. The lowest BCUT2D eigenvalue weighted by atomic mass is 9.74. The summed E-state index contributed by atoms with van der Waals surface area (Å²) in [6.07, 6.45) is 5.34. The Labute approximate surface area is 118 Å². The highest BCUT2D eigenvalue weighted by molar-refractivity contribution is 6.29. The largest absolute Gasteiger partial charge is 0.324 e. The predicted molar refractivity (Wildman–Crippen MR) is 77.3 cm³/mol. The van der Waals surface area contributed by atoms with Gasteiger partial charge in [0, 0.05) is 0 Å². The van der Waals surface area contributed by atoms with Gasteiger partial charge in [-0.05, 0) is 44.5 Å². The van der Waals surface area contributed by atoms with Crippen LogP contribution in [0.4, 0.5) is 5.69 Å². The second-order valence-corrected chi connectivity index (χ2v) is 5.49. The predicted octanol–water partition coefficient (Wildman–Crippen LogP) is 2.84. The van der Waals surface area contributed by atoms with Crippen molar-refractivity contribution in [2.24, 2.45) is 5.41 Å². The van der Waals surface area contributed by atoms with Gasteiger partial charge in [-0.15, -0.1) is 0 Å². The average Bonchev–Trinajstić information content (AvgIpc) is 2.43. The van der Waals surface area contributed by atoms with Crippen molar-refractivity contribution < 1.29 is 4.79 Å². The molecule has 2 heterocycles. The molecule has 0 aliphatic carbocycles. The van der Waals surface area contributed by atoms with E-state index in [1.807, 2.05) is 0 Å². The van der Waals surface area contributed by atoms with Crippen molar-refractivity contribution in [2.75, 3.05) is 18.4 Å². The first-order chi connectivity index (χ1) is 9.16. The molecule has 0 saturated carbocycles. The van der Waals surface area contributed by atoms with Crippen LogP contribution < -0.4 is 10.6 Å². The summed E-state index contributed by atoms with van der Waals surface area (Å²) < 4.78 is 0. The fourth-order valence-corrected chi connectivity index (χ4v) is 2.80. The minimum atomic E-state index is -0.236.